The number of hydrogen-bond donors (Lipinski definition) is 0. The van der Waals surface area contributed by atoms with E-state index >= 15 is 0 Å². The highest BCUT2D eigenvalue weighted by Gasteiger charge is 2.46. The molecule has 10 heteroatoms. The highest BCUT2D eigenvalue weighted by Crippen LogP contribution is 2.30. The Hall–Kier alpha value is -0.970. The molecule has 32 heavy (non-hydrogen) atoms. The third kappa shape index (κ3) is 9.49. The lowest BCUT2D eigenvalue weighted by Crippen LogP contribution is -2.50. The number of hydroxylamine groups is 2. The van der Waals surface area contributed by atoms with E-state index in [1.165, 1.54) is 82.0 Å². The van der Waals surface area contributed by atoms with E-state index in [9.17, 15) is 22.2 Å². The lowest BCUT2D eigenvalue weighted by molar-refractivity contribution is -0.929. The maximum absolute atomic E-state index is 13.1. The van der Waals surface area contributed by atoms with E-state index in [0.717, 1.165) is 4.90 Å². The van der Waals surface area contributed by atoms with Crippen LogP contribution in [0.5, 0.6) is 0 Å². The highest BCUT2D eigenvalue weighted by molar-refractivity contribution is 7.80. The Morgan fingerprint density at radius 2 is 1.38 bits per heavy atom. The molecule has 2 aliphatic heterocycles. The Labute approximate surface area is 194 Å². The van der Waals surface area contributed by atoms with Gasteiger partial charge in [0.25, 0.3) is 0 Å². The predicted octanol–water partition coefficient (Wildman–Crippen LogP) is 4.58. The Morgan fingerprint density at radius 1 is 0.938 bits per heavy atom. The number of amides is 2. The van der Waals surface area contributed by atoms with Crippen molar-refractivity contribution in [1.29, 1.82) is 0 Å². The number of unbranched alkanes of at least 4 members (excludes halogenated alkanes) is 4. The number of quaternary nitrogens is 1. The summed E-state index contributed by atoms with van der Waals surface area (Å²) < 4.78 is 49.5. The van der Waals surface area contributed by atoms with Crippen molar-refractivity contribution in [2.45, 2.75) is 104 Å². The predicted molar refractivity (Wildman–Crippen MR) is 122 cm³/mol. The molecule has 2 aliphatic rings. The number of fused-ring (bicyclic) bond motifs is 2. The molecular weight excluding hydrogens is 437 g/mol. The molecule has 0 N–H and O–H groups in total. The minimum absolute atomic E-state index is 0.0511. The van der Waals surface area contributed by atoms with Crippen LogP contribution in [0.25, 0.3) is 0 Å². The Balaban J connectivity index is 0.000000321. The highest BCUT2D eigenvalue weighted by atomic mass is 32.3. The van der Waals surface area contributed by atoms with Gasteiger partial charge in [-0.1, -0.05) is 53.4 Å². The van der Waals surface area contributed by atoms with Crippen molar-refractivity contribution >= 4 is 16.4 Å². The first kappa shape index (κ1) is 29.1. The van der Waals surface area contributed by atoms with Gasteiger partial charge < -0.3 is 9.04 Å². The quantitative estimate of drug-likeness (QED) is 0.157. The van der Waals surface area contributed by atoms with Gasteiger partial charge in [-0.3, -0.25) is 4.90 Å². The van der Waals surface area contributed by atoms with Crippen LogP contribution in [-0.4, -0.2) is 78.5 Å². The molecule has 2 rings (SSSR count). The van der Waals surface area contributed by atoms with Gasteiger partial charge in [-0.15, -0.1) is 0 Å². The van der Waals surface area contributed by atoms with Gasteiger partial charge in [-0.05, 0) is 38.5 Å². The van der Waals surface area contributed by atoms with Crippen LogP contribution in [0.3, 0.4) is 0 Å². The van der Waals surface area contributed by atoms with Crippen LogP contribution in [0.15, 0.2) is 0 Å². The molecule has 2 fully saturated rings. The van der Waals surface area contributed by atoms with Crippen LogP contribution in [0.4, 0.5) is 9.18 Å². The summed E-state index contributed by atoms with van der Waals surface area (Å²) in [7, 11) is -4.99. The molecule has 2 amide bonds. The second kappa shape index (κ2) is 14.3. The molecule has 0 aromatic rings. The van der Waals surface area contributed by atoms with Crippen LogP contribution < -0.4 is 0 Å². The third-order valence-corrected chi connectivity index (χ3v) is 6.71. The first-order valence-electron chi connectivity index (χ1n) is 12.4. The molecule has 0 unspecified atom stereocenters. The molecular formula is C22H44FN3O5S. The number of urea groups is 1. The molecule has 0 aromatic carbocycles. The minimum atomic E-state index is -4.99. The monoisotopic (exact) mass is 481 g/mol. The summed E-state index contributed by atoms with van der Waals surface area (Å²) in [5, 5.41) is 0.446. The SMILES string of the molecule is CCCC[N+](CCCC)(CCCC)CCCC.O=C1N2C[C@@H](CC[C@@H]2F)N1OS(=O)(=O)[O-]. The second-order valence-electron chi connectivity index (χ2n) is 9.06. The molecule has 2 bridgehead atoms. The van der Waals surface area contributed by atoms with Gasteiger partial charge in [0.15, 0.2) is 6.30 Å². The molecule has 2 atom stereocenters. The van der Waals surface area contributed by atoms with Gasteiger partial charge in [0, 0.05) is 6.54 Å². The van der Waals surface area contributed by atoms with Crippen LogP contribution in [0, 0.1) is 0 Å². The van der Waals surface area contributed by atoms with Crippen LogP contribution in [0.2, 0.25) is 0 Å². The molecule has 0 saturated carbocycles. The van der Waals surface area contributed by atoms with Crippen molar-refractivity contribution in [2.24, 2.45) is 0 Å². The number of carbonyl (C=O) groups excluding carboxylic acids is 1. The molecule has 0 spiro atoms. The van der Waals surface area contributed by atoms with Crippen molar-refractivity contribution in [2.75, 3.05) is 32.7 Å². The maximum atomic E-state index is 13.1. The fourth-order valence-corrected chi connectivity index (χ4v) is 4.81. The minimum Gasteiger partial charge on any atom is -0.724 e. The van der Waals surface area contributed by atoms with E-state index in [2.05, 4.69) is 32.0 Å². The molecule has 8 nitrogen and oxygen atoms in total. The zero-order chi connectivity index (χ0) is 24.2. The molecule has 2 heterocycles. The van der Waals surface area contributed by atoms with E-state index in [0.29, 0.717) is 5.06 Å². The Bertz CT molecular complexity index is 612. The summed E-state index contributed by atoms with van der Waals surface area (Å²) in [5.41, 5.74) is 0. The smallest absolute Gasteiger partial charge is 0.347 e. The zero-order valence-electron chi connectivity index (χ0n) is 20.4. The number of piperidine rings is 1. The number of halogens is 1. The normalized spacial score (nSPS) is 21.0. The van der Waals surface area contributed by atoms with Crippen LogP contribution in [0.1, 0.15) is 91.9 Å². The van der Waals surface area contributed by atoms with E-state index in [1.807, 2.05) is 0 Å². The fraction of sp³-hybridized carbons (Fsp3) is 0.955. The topological polar surface area (TPSA) is 90.0 Å². The van der Waals surface area contributed by atoms with Crippen LogP contribution >= 0.6 is 0 Å². The summed E-state index contributed by atoms with van der Waals surface area (Å²) in [4.78, 5) is 12.2. The molecule has 2 saturated heterocycles. The largest absolute Gasteiger partial charge is 0.724 e. The standard InChI is InChI=1S/C16H36N.C6H9FN2O5S/c1-5-9-13-17(14-10-6-2,15-11-7-3)16-12-8-4;7-5-2-1-4-3-8(5)6(10)9(4)14-15(11,12)13/h5-16H2,1-4H3;4-5H,1-3H2,(H,11,12,13)/q+1;/p-1/t;4-,5-/m.1/s1. The number of hydrogen-bond acceptors (Lipinski definition) is 5. The van der Waals surface area contributed by atoms with E-state index in [4.69, 9.17) is 0 Å². The summed E-state index contributed by atoms with van der Waals surface area (Å²) in [6.07, 6.45) is 10.0. The van der Waals surface area contributed by atoms with E-state index < -0.39 is 28.8 Å². The van der Waals surface area contributed by atoms with Crippen molar-refractivity contribution in [3.63, 3.8) is 0 Å². The first-order chi connectivity index (χ1) is 15.1. The molecule has 0 radical (unpaired) electrons. The Morgan fingerprint density at radius 3 is 1.72 bits per heavy atom. The summed E-state index contributed by atoms with van der Waals surface area (Å²) in [6, 6.07) is -1.47. The average molecular weight is 482 g/mol. The number of nitrogens with zero attached hydrogens (tertiary/aromatic N) is 3. The van der Waals surface area contributed by atoms with Gasteiger partial charge in [0.1, 0.15) is 0 Å². The van der Waals surface area contributed by atoms with Crippen molar-refractivity contribution in [1.82, 2.24) is 9.96 Å². The third-order valence-electron chi connectivity index (χ3n) is 6.37. The lowest BCUT2D eigenvalue weighted by Gasteiger charge is -2.39. The Kier molecular flexibility index (Phi) is 13.0. The van der Waals surface area contributed by atoms with E-state index in [-0.39, 0.29) is 19.4 Å². The zero-order valence-corrected chi connectivity index (χ0v) is 21.2. The molecule has 0 aromatic heterocycles. The van der Waals surface area contributed by atoms with Gasteiger partial charge in [-0.2, -0.15) is 9.35 Å². The van der Waals surface area contributed by atoms with Gasteiger partial charge in [0.05, 0.1) is 32.2 Å². The van der Waals surface area contributed by atoms with E-state index in [1.54, 1.807) is 0 Å². The number of alkyl halides is 1. The summed E-state index contributed by atoms with van der Waals surface area (Å²) in [5.74, 6) is 0. The molecule has 0 aliphatic carbocycles. The average Bonchev–Trinajstić information content (AvgIpc) is 3.00. The van der Waals surface area contributed by atoms with Crippen molar-refractivity contribution in [3.05, 3.63) is 0 Å². The van der Waals surface area contributed by atoms with Crippen molar-refractivity contribution < 1.29 is 30.9 Å². The number of rotatable bonds is 14. The summed E-state index contributed by atoms with van der Waals surface area (Å²) >= 11 is 0. The summed E-state index contributed by atoms with van der Waals surface area (Å²) in [6.45, 7) is 15.1. The van der Waals surface area contributed by atoms with Crippen molar-refractivity contribution in [3.8, 4) is 0 Å². The lowest BCUT2D eigenvalue weighted by atomic mass is 10.1. The van der Waals surface area contributed by atoms with Gasteiger partial charge >= 0.3 is 6.03 Å². The molecule has 190 valence electrons. The maximum Gasteiger partial charge on any atom is 0.347 e. The number of carbonyl (C=O) groups is 1. The van der Waals surface area contributed by atoms with Gasteiger partial charge in [0.2, 0.25) is 10.4 Å². The fourth-order valence-electron chi connectivity index (χ4n) is 4.43. The van der Waals surface area contributed by atoms with Gasteiger partial charge in [-0.25, -0.2) is 17.6 Å². The second-order valence-corrected chi connectivity index (χ2v) is 10.0. The first-order valence-corrected chi connectivity index (χ1v) is 13.7. The van der Waals surface area contributed by atoms with Crippen LogP contribution in [-0.2, 0) is 14.7 Å².